The van der Waals surface area contributed by atoms with Gasteiger partial charge in [0.05, 0.1) is 19.0 Å². The number of nitrogens with zero attached hydrogens (tertiary/aromatic N) is 1. The second kappa shape index (κ2) is 12.0. The first-order valence-corrected chi connectivity index (χ1v) is 10.4. The van der Waals surface area contributed by atoms with Crippen molar-refractivity contribution in [1.82, 2.24) is 5.43 Å². The van der Waals surface area contributed by atoms with Crippen molar-refractivity contribution in [2.24, 2.45) is 5.10 Å². The van der Waals surface area contributed by atoms with Crippen LogP contribution in [0.1, 0.15) is 5.56 Å². The van der Waals surface area contributed by atoms with Gasteiger partial charge < -0.3 is 20.1 Å². The van der Waals surface area contributed by atoms with Crippen molar-refractivity contribution in [2.45, 2.75) is 0 Å². The van der Waals surface area contributed by atoms with Gasteiger partial charge in [-0.15, -0.1) is 0 Å². The highest BCUT2D eigenvalue weighted by molar-refractivity contribution is 6.39. The van der Waals surface area contributed by atoms with E-state index < -0.39 is 11.8 Å². The molecule has 0 aliphatic rings. The number of nitrogens with one attached hydrogen (secondary N) is 3. The minimum Gasteiger partial charge on any atom is -0.495 e. The van der Waals surface area contributed by atoms with Crippen molar-refractivity contribution < 1.29 is 23.9 Å². The number of hydrogen-bond acceptors (Lipinski definition) is 6. The van der Waals surface area contributed by atoms with E-state index in [0.29, 0.717) is 33.5 Å². The fraction of sp³-hybridized carbons (Fsp3) is 0.0833. The smallest absolute Gasteiger partial charge is 0.329 e. The fourth-order valence-corrected chi connectivity index (χ4v) is 2.80. The summed E-state index contributed by atoms with van der Waals surface area (Å²) in [5, 5.41) is 9.50. The summed E-state index contributed by atoms with van der Waals surface area (Å²) in [5.41, 5.74) is 3.78. The molecule has 3 aromatic rings. The first-order valence-electron chi connectivity index (χ1n) is 10.0. The van der Waals surface area contributed by atoms with Crippen LogP contribution in [0.15, 0.2) is 77.9 Å². The molecule has 10 heteroatoms. The molecule has 9 nitrogen and oxygen atoms in total. The zero-order valence-electron chi connectivity index (χ0n) is 18.1. The summed E-state index contributed by atoms with van der Waals surface area (Å²) in [7, 11) is 1.46. The largest absolute Gasteiger partial charge is 0.495 e. The Hall–Kier alpha value is -4.37. The molecule has 0 atom stereocenters. The van der Waals surface area contributed by atoms with E-state index in [9.17, 15) is 14.4 Å². The van der Waals surface area contributed by atoms with Gasteiger partial charge in [0, 0.05) is 10.7 Å². The summed E-state index contributed by atoms with van der Waals surface area (Å²) in [6.45, 7) is -0.173. The van der Waals surface area contributed by atoms with Gasteiger partial charge >= 0.3 is 11.8 Å². The molecule has 3 N–H and O–H groups in total. The first kappa shape index (κ1) is 24.3. The summed E-state index contributed by atoms with van der Waals surface area (Å²) in [5.74, 6) is -1.24. The predicted octanol–water partition coefficient (Wildman–Crippen LogP) is 3.45. The normalized spacial score (nSPS) is 10.4. The lowest BCUT2D eigenvalue weighted by atomic mass is 10.2. The minimum absolute atomic E-state index is 0.173. The highest BCUT2D eigenvalue weighted by Gasteiger charge is 2.14. The van der Waals surface area contributed by atoms with E-state index in [4.69, 9.17) is 21.1 Å². The van der Waals surface area contributed by atoms with Gasteiger partial charge in [0.2, 0.25) is 0 Å². The third kappa shape index (κ3) is 7.35. The van der Waals surface area contributed by atoms with Crippen molar-refractivity contribution in [2.75, 3.05) is 24.4 Å². The molecule has 0 spiro atoms. The molecular formula is C24H21ClN4O5. The quantitative estimate of drug-likeness (QED) is 0.259. The standard InChI is InChI=1S/C24H21ClN4O5/c1-33-21-5-3-2-4-20(21)28-23(31)24(32)29-26-14-16-6-12-19(13-7-16)34-15-22(30)27-18-10-8-17(25)9-11-18/h2-14H,15H2,1H3,(H,27,30)(H,28,31)(H,29,32)/b26-14-. The summed E-state index contributed by atoms with van der Waals surface area (Å²) in [4.78, 5) is 35.9. The third-order valence-corrected chi connectivity index (χ3v) is 4.57. The monoisotopic (exact) mass is 480 g/mol. The van der Waals surface area contributed by atoms with Gasteiger partial charge in [-0.3, -0.25) is 14.4 Å². The van der Waals surface area contributed by atoms with Gasteiger partial charge in [-0.1, -0.05) is 23.7 Å². The van der Waals surface area contributed by atoms with Gasteiger partial charge in [-0.2, -0.15) is 5.10 Å². The molecule has 34 heavy (non-hydrogen) atoms. The van der Waals surface area contributed by atoms with E-state index >= 15 is 0 Å². The zero-order valence-corrected chi connectivity index (χ0v) is 18.8. The lowest BCUT2D eigenvalue weighted by molar-refractivity contribution is -0.136. The maximum Gasteiger partial charge on any atom is 0.329 e. The number of hydrogen-bond donors (Lipinski definition) is 3. The van der Waals surface area contributed by atoms with Crippen LogP contribution >= 0.6 is 11.6 Å². The molecule has 3 aromatic carbocycles. The number of methoxy groups -OCH3 is 1. The summed E-state index contributed by atoms with van der Waals surface area (Å²) in [6, 6.07) is 20.1. The highest BCUT2D eigenvalue weighted by atomic mass is 35.5. The Morgan fingerprint density at radius 2 is 1.62 bits per heavy atom. The average Bonchev–Trinajstić information content (AvgIpc) is 2.85. The van der Waals surface area contributed by atoms with Crippen molar-refractivity contribution in [3.05, 3.63) is 83.4 Å². The lowest BCUT2D eigenvalue weighted by Crippen LogP contribution is -2.32. The number of halogens is 1. The van der Waals surface area contributed by atoms with E-state index in [1.165, 1.54) is 13.3 Å². The van der Waals surface area contributed by atoms with Gasteiger partial charge in [0.1, 0.15) is 11.5 Å². The number of benzene rings is 3. The van der Waals surface area contributed by atoms with Crippen LogP contribution in [0.3, 0.4) is 0 Å². The molecule has 0 radical (unpaired) electrons. The van der Waals surface area contributed by atoms with Crippen LogP contribution < -0.4 is 25.5 Å². The number of amides is 3. The number of ether oxygens (including phenoxy) is 2. The summed E-state index contributed by atoms with van der Waals surface area (Å²) >= 11 is 5.81. The SMILES string of the molecule is COc1ccccc1NC(=O)C(=O)N/N=C\c1ccc(OCC(=O)Nc2ccc(Cl)cc2)cc1. The van der Waals surface area contributed by atoms with Gasteiger partial charge in [-0.05, 0) is 66.2 Å². The van der Waals surface area contributed by atoms with Crippen LogP contribution in [0.4, 0.5) is 11.4 Å². The number of hydrazone groups is 1. The Morgan fingerprint density at radius 3 is 2.32 bits per heavy atom. The van der Waals surface area contributed by atoms with E-state index in [2.05, 4.69) is 21.2 Å². The maximum absolute atomic E-state index is 12.0. The van der Waals surface area contributed by atoms with Crippen LogP contribution in [0.2, 0.25) is 5.02 Å². The molecule has 3 rings (SSSR count). The van der Waals surface area contributed by atoms with Crippen LogP contribution in [0.25, 0.3) is 0 Å². The number of rotatable bonds is 8. The lowest BCUT2D eigenvalue weighted by Gasteiger charge is -2.08. The molecule has 0 aliphatic heterocycles. The van der Waals surface area contributed by atoms with Gasteiger partial charge in [0.25, 0.3) is 5.91 Å². The first-order chi connectivity index (χ1) is 16.4. The number of carbonyl (C=O) groups excluding carboxylic acids is 3. The molecule has 0 unspecified atom stereocenters. The van der Waals surface area contributed by atoms with Crippen molar-refractivity contribution in [1.29, 1.82) is 0 Å². The van der Waals surface area contributed by atoms with E-state index in [1.54, 1.807) is 72.8 Å². The molecular weight excluding hydrogens is 460 g/mol. The Labute approximate surface area is 200 Å². The molecule has 0 bridgehead atoms. The topological polar surface area (TPSA) is 118 Å². The zero-order chi connectivity index (χ0) is 24.3. The van der Waals surface area contributed by atoms with Crippen LogP contribution in [-0.2, 0) is 14.4 Å². The molecule has 0 saturated heterocycles. The van der Waals surface area contributed by atoms with Crippen molar-refractivity contribution in [3.63, 3.8) is 0 Å². The molecule has 0 aromatic heterocycles. The van der Waals surface area contributed by atoms with Crippen LogP contribution in [-0.4, -0.2) is 37.7 Å². The molecule has 0 saturated carbocycles. The van der Waals surface area contributed by atoms with Gasteiger partial charge in [-0.25, -0.2) is 5.43 Å². The minimum atomic E-state index is -0.936. The van der Waals surface area contributed by atoms with E-state index in [1.807, 2.05) is 0 Å². The fourth-order valence-electron chi connectivity index (χ4n) is 2.67. The Balaban J connectivity index is 1.44. The van der Waals surface area contributed by atoms with Gasteiger partial charge in [0.15, 0.2) is 6.61 Å². The number of anilines is 2. The molecule has 0 heterocycles. The number of para-hydroxylation sites is 2. The summed E-state index contributed by atoms with van der Waals surface area (Å²) in [6.07, 6.45) is 1.37. The van der Waals surface area contributed by atoms with E-state index in [-0.39, 0.29) is 12.5 Å². The predicted molar refractivity (Wildman–Crippen MR) is 129 cm³/mol. The Bertz CT molecular complexity index is 1180. The van der Waals surface area contributed by atoms with Crippen molar-refractivity contribution >= 4 is 46.9 Å². The molecule has 0 fully saturated rings. The second-order valence-corrected chi connectivity index (χ2v) is 7.20. The van der Waals surface area contributed by atoms with Crippen LogP contribution in [0.5, 0.6) is 11.5 Å². The average molecular weight is 481 g/mol. The van der Waals surface area contributed by atoms with E-state index in [0.717, 1.165) is 0 Å². The maximum atomic E-state index is 12.0. The highest BCUT2D eigenvalue weighted by Crippen LogP contribution is 2.22. The summed E-state index contributed by atoms with van der Waals surface area (Å²) < 4.78 is 10.6. The molecule has 174 valence electrons. The Morgan fingerprint density at radius 1 is 0.912 bits per heavy atom. The second-order valence-electron chi connectivity index (χ2n) is 6.77. The Kier molecular flexibility index (Phi) is 8.59. The third-order valence-electron chi connectivity index (χ3n) is 4.32. The molecule has 0 aliphatic carbocycles. The molecule has 3 amide bonds. The van der Waals surface area contributed by atoms with Crippen LogP contribution in [0, 0.1) is 0 Å². The van der Waals surface area contributed by atoms with Crippen molar-refractivity contribution in [3.8, 4) is 11.5 Å². The number of carbonyl (C=O) groups is 3.